The van der Waals surface area contributed by atoms with Gasteiger partial charge in [-0.05, 0) is 44.4 Å². The Kier molecular flexibility index (Phi) is 10.2. The summed E-state index contributed by atoms with van der Waals surface area (Å²) < 4.78 is 32.9. The van der Waals surface area contributed by atoms with Crippen molar-refractivity contribution in [1.82, 2.24) is 14.5 Å². The van der Waals surface area contributed by atoms with Gasteiger partial charge in [0.2, 0.25) is 15.9 Å². The molecule has 1 saturated carbocycles. The van der Waals surface area contributed by atoms with Crippen LogP contribution in [0.4, 0.5) is 5.69 Å². The van der Waals surface area contributed by atoms with Crippen molar-refractivity contribution in [1.29, 1.82) is 0 Å². The minimum absolute atomic E-state index is 0.0744. The Morgan fingerprint density at radius 3 is 2.50 bits per heavy atom. The zero-order valence-corrected chi connectivity index (χ0v) is 23.0. The zero-order valence-electron chi connectivity index (χ0n) is 22.2. The molecule has 0 spiro atoms. The normalized spacial score (nSPS) is 17.7. The highest BCUT2D eigenvalue weighted by molar-refractivity contribution is 7.89. The molecular formula is C26H42N4O5S. The summed E-state index contributed by atoms with van der Waals surface area (Å²) in [6.07, 6.45) is 7.28. The molecule has 10 heteroatoms. The number of ether oxygens (including phenoxy) is 1. The molecule has 0 saturated heterocycles. The molecule has 1 atom stereocenters. The van der Waals surface area contributed by atoms with Crippen LogP contribution in [0.2, 0.25) is 0 Å². The van der Waals surface area contributed by atoms with E-state index in [1.165, 1.54) is 53.4 Å². The van der Waals surface area contributed by atoms with Crippen molar-refractivity contribution in [2.24, 2.45) is 0 Å². The van der Waals surface area contributed by atoms with E-state index in [4.69, 9.17) is 4.74 Å². The van der Waals surface area contributed by atoms with Crippen molar-refractivity contribution in [3.63, 3.8) is 0 Å². The fourth-order valence-corrected chi connectivity index (χ4v) is 6.64. The number of carbonyl (C=O) groups excluding carboxylic acids is 2. The lowest BCUT2D eigenvalue weighted by molar-refractivity contribution is -0.125. The molecule has 1 aromatic rings. The number of hydrogen-bond donors (Lipinski definition) is 1. The Morgan fingerprint density at radius 1 is 1.17 bits per heavy atom. The van der Waals surface area contributed by atoms with E-state index in [1.54, 1.807) is 19.9 Å². The van der Waals surface area contributed by atoms with Gasteiger partial charge in [-0.1, -0.05) is 40.0 Å². The topological polar surface area (TPSA) is 99.3 Å². The number of fused-ring (bicyclic) bond motifs is 1. The lowest BCUT2D eigenvalue weighted by atomic mass is 9.93. The standard InChI is InChI=1S/C26H42N4O5S/c1-5-20(4)29(21-11-9-8-10-12-21)16-15-27-25(31)18-30-23-17-22(36(33,34)28(6-2)7-3)13-14-24(23)35-19-26(30)32/h13-14,17,20-21H,5-12,15-16,18-19H2,1-4H3,(H,27,31)/t20-/m1/s1. The third-order valence-corrected chi connectivity index (χ3v) is 9.46. The molecule has 1 aliphatic carbocycles. The maximum absolute atomic E-state index is 13.0. The summed E-state index contributed by atoms with van der Waals surface area (Å²) in [5.41, 5.74) is 0.304. The van der Waals surface area contributed by atoms with Gasteiger partial charge >= 0.3 is 0 Å². The van der Waals surface area contributed by atoms with Gasteiger partial charge in [-0.25, -0.2) is 8.42 Å². The van der Waals surface area contributed by atoms with Gasteiger partial charge in [-0.3, -0.25) is 19.4 Å². The van der Waals surface area contributed by atoms with E-state index >= 15 is 0 Å². The molecular weight excluding hydrogens is 480 g/mol. The second-order valence-electron chi connectivity index (χ2n) is 9.62. The number of anilines is 1. The number of nitrogens with zero attached hydrogens (tertiary/aromatic N) is 3. The Labute approximate surface area is 216 Å². The largest absolute Gasteiger partial charge is 0.482 e. The first-order valence-electron chi connectivity index (χ1n) is 13.3. The summed E-state index contributed by atoms with van der Waals surface area (Å²) in [5.74, 6) is -0.263. The van der Waals surface area contributed by atoms with Crippen LogP contribution in [0.5, 0.6) is 5.75 Å². The molecule has 36 heavy (non-hydrogen) atoms. The molecule has 202 valence electrons. The van der Waals surface area contributed by atoms with Gasteiger partial charge in [0.25, 0.3) is 5.91 Å². The average Bonchev–Trinajstić information content (AvgIpc) is 2.88. The lowest BCUT2D eigenvalue weighted by Crippen LogP contribution is -2.49. The first-order chi connectivity index (χ1) is 17.2. The van der Waals surface area contributed by atoms with Crippen LogP contribution in [0.3, 0.4) is 0 Å². The molecule has 3 rings (SSSR count). The molecule has 0 bridgehead atoms. The molecule has 0 radical (unpaired) electrons. The van der Waals surface area contributed by atoms with E-state index in [9.17, 15) is 18.0 Å². The van der Waals surface area contributed by atoms with Crippen LogP contribution in [0, 0.1) is 0 Å². The van der Waals surface area contributed by atoms with Crippen molar-refractivity contribution in [3.05, 3.63) is 18.2 Å². The van der Waals surface area contributed by atoms with Crippen LogP contribution < -0.4 is 15.0 Å². The van der Waals surface area contributed by atoms with E-state index in [2.05, 4.69) is 24.1 Å². The minimum atomic E-state index is -3.72. The van der Waals surface area contributed by atoms with Gasteiger partial charge in [0.05, 0.1) is 10.6 Å². The lowest BCUT2D eigenvalue weighted by Gasteiger charge is -2.38. The molecule has 1 fully saturated rings. The molecule has 1 aliphatic heterocycles. The predicted molar refractivity (Wildman–Crippen MR) is 141 cm³/mol. The van der Waals surface area contributed by atoms with Crippen molar-refractivity contribution < 1.29 is 22.7 Å². The number of benzene rings is 1. The number of amides is 2. The average molecular weight is 523 g/mol. The molecule has 0 aromatic heterocycles. The number of sulfonamides is 1. The van der Waals surface area contributed by atoms with E-state index in [0.29, 0.717) is 43.2 Å². The second kappa shape index (κ2) is 12.9. The predicted octanol–water partition coefficient (Wildman–Crippen LogP) is 2.99. The van der Waals surface area contributed by atoms with Gasteiger partial charge in [0.15, 0.2) is 6.61 Å². The Hall–Kier alpha value is -2.17. The fraction of sp³-hybridized carbons (Fsp3) is 0.692. The Bertz CT molecular complexity index is 1010. The SMILES string of the molecule is CC[C@@H](C)N(CCNC(=O)CN1C(=O)COc2ccc(S(=O)(=O)N(CC)CC)cc21)C1CCCCC1. The number of nitrogens with one attached hydrogen (secondary N) is 1. The third kappa shape index (κ3) is 6.58. The monoisotopic (exact) mass is 522 g/mol. The van der Waals surface area contributed by atoms with Crippen LogP contribution in [0.1, 0.15) is 66.2 Å². The van der Waals surface area contributed by atoms with Crippen LogP contribution >= 0.6 is 0 Å². The Morgan fingerprint density at radius 2 is 1.86 bits per heavy atom. The van der Waals surface area contributed by atoms with Crippen molar-refractivity contribution in [3.8, 4) is 5.75 Å². The number of rotatable bonds is 12. The molecule has 1 N–H and O–H groups in total. The maximum Gasteiger partial charge on any atom is 0.265 e. The van der Waals surface area contributed by atoms with Crippen LogP contribution in [-0.2, 0) is 19.6 Å². The van der Waals surface area contributed by atoms with Crippen LogP contribution in [-0.4, -0.2) is 80.9 Å². The summed E-state index contributed by atoms with van der Waals surface area (Å²) >= 11 is 0. The van der Waals surface area contributed by atoms with E-state index < -0.39 is 10.0 Å². The van der Waals surface area contributed by atoms with Crippen LogP contribution in [0.25, 0.3) is 0 Å². The van der Waals surface area contributed by atoms with Gasteiger partial charge in [-0.15, -0.1) is 0 Å². The molecule has 0 unspecified atom stereocenters. The quantitative estimate of drug-likeness (QED) is 0.453. The number of carbonyl (C=O) groups is 2. The Balaban J connectivity index is 1.68. The highest BCUT2D eigenvalue weighted by atomic mass is 32.2. The molecule has 1 heterocycles. The van der Waals surface area contributed by atoms with Gasteiger partial charge in [0.1, 0.15) is 12.3 Å². The van der Waals surface area contributed by atoms with Gasteiger partial charge < -0.3 is 10.1 Å². The van der Waals surface area contributed by atoms with Crippen LogP contribution in [0.15, 0.2) is 23.1 Å². The molecule has 2 aliphatic rings. The first-order valence-corrected chi connectivity index (χ1v) is 14.8. The van der Waals surface area contributed by atoms with Crippen molar-refractivity contribution >= 4 is 27.5 Å². The summed E-state index contributed by atoms with van der Waals surface area (Å²) in [6.45, 7) is 9.56. The molecule has 1 aromatic carbocycles. The van der Waals surface area contributed by atoms with Gasteiger partial charge in [0, 0.05) is 38.3 Å². The smallest absolute Gasteiger partial charge is 0.265 e. The second-order valence-corrected chi connectivity index (χ2v) is 11.6. The van der Waals surface area contributed by atoms with Gasteiger partial charge in [-0.2, -0.15) is 4.31 Å². The molecule has 2 amide bonds. The third-order valence-electron chi connectivity index (χ3n) is 7.41. The van der Waals surface area contributed by atoms with E-state index in [0.717, 1.165) is 13.0 Å². The first kappa shape index (κ1) is 28.4. The zero-order chi connectivity index (χ0) is 26.3. The van der Waals surface area contributed by atoms with Crippen molar-refractivity contribution in [2.75, 3.05) is 44.2 Å². The summed E-state index contributed by atoms with van der Waals surface area (Å²) in [5, 5.41) is 2.97. The summed E-state index contributed by atoms with van der Waals surface area (Å²) in [6, 6.07) is 5.47. The highest BCUT2D eigenvalue weighted by Crippen LogP contribution is 2.35. The number of hydrogen-bond acceptors (Lipinski definition) is 6. The van der Waals surface area contributed by atoms with E-state index in [-0.39, 0.29) is 29.9 Å². The molecule has 9 nitrogen and oxygen atoms in total. The minimum Gasteiger partial charge on any atom is -0.482 e. The summed E-state index contributed by atoms with van der Waals surface area (Å²) in [4.78, 5) is 29.4. The maximum atomic E-state index is 13.0. The fourth-order valence-electron chi connectivity index (χ4n) is 5.16. The van der Waals surface area contributed by atoms with E-state index in [1.807, 2.05) is 0 Å². The summed E-state index contributed by atoms with van der Waals surface area (Å²) in [7, 11) is -3.72. The van der Waals surface area contributed by atoms with Crippen molar-refractivity contribution in [2.45, 2.75) is 83.2 Å². The highest BCUT2D eigenvalue weighted by Gasteiger charge is 2.31.